The fourth-order valence-corrected chi connectivity index (χ4v) is 14.1. The highest BCUT2D eigenvalue weighted by Crippen LogP contribution is 2.33. The highest BCUT2D eigenvalue weighted by molar-refractivity contribution is 5.90. The molecule has 1 aliphatic heterocycles. The minimum Gasteiger partial charge on any atom is -0.455 e. The van der Waals surface area contributed by atoms with Gasteiger partial charge in [0, 0.05) is 6.42 Å². The molecule has 1 heterocycles. The average Bonchev–Trinajstić information content (AvgIpc) is 0.785. The zero-order chi connectivity index (χ0) is 72.8. The van der Waals surface area contributed by atoms with Crippen molar-refractivity contribution in [1.82, 2.24) is 5.32 Å². The van der Waals surface area contributed by atoms with Crippen LogP contribution in [0.1, 0.15) is 294 Å². The predicted octanol–water partition coefficient (Wildman–Crippen LogP) is 23.1. The normalized spacial score (nSPS) is 16.7. The van der Waals surface area contributed by atoms with E-state index < -0.39 is 60.9 Å². The first kappa shape index (κ1) is 84.7. The molecule has 0 aliphatic carbocycles. The van der Waals surface area contributed by atoms with Gasteiger partial charge >= 0.3 is 11.9 Å². The Kier molecular flexibility index (Phi) is 44.8. The Labute approximate surface area is 627 Å². The average molecular weight is 1430 g/mol. The second-order valence-electron chi connectivity index (χ2n) is 29.1. The number of ether oxygens (including phenoxy) is 8. The van der Waals surface area contributed by atoms with Gasteiger partial charge in [-0.3, -0.25) is 4.79 Å². The summed E-state index contributed by atoms with van der Waals surface area (Å²) in [7, 11) is 0. The molecular weight excluding hydrogens is 1300 g/mol. The summed E-state index contributed by atoms with van der Waals surface area (Å²) in [5, 5.41) is 3.35. The van der Waals surface area contributed by atoms with Crippen LogP contribution in [0.2, 0.25) is 0 Å². The van der Waals surface area contributed by atoms with Crippen molar-refractivity contribution < 1.29 is 52.3 Å². The smallest absolute Gasteiger partial charge is 0.338 e. The van der Waals surface area contributed by atoms with Gasteiger partial charge in [-0.2, -0.15) is 0 Å². The van der Waals surface area contributed by atoms with Crippen molar-refractivity contribution in [2.75, 3.05) is 13.2 Å². The molecule has 8 atom stereocenters. The van der Waals surface area contributed by atoms with Gasteiger partial charge in [-0.25, -0.2) is 9.59 Å². The van der Waals surface area contributed by atoms with Crippen molar-refractivity contribution in [1.29, 1.82) is 0 Å². The molecule has 12 heteroatoms. The van der Waals surface area contributed by atoms with Gasteiger partial charge in [0.1, 0.15) is 30.5 Å². The topological polar surface area (TPSA) is 137 Å². The molecule has 0 spiro atoms. The molecule has 1 fully saturated rings. The Balaban J connectivity index is 1.11. The Morgan fingerprint density at radius 1 is 0.356 bits per heavy atom. The number of amides is 1. The molecule has 6 aromatic rings. The Morgan fingerprint density at radius 2 is 0.683 bits per heavy atom. The third-order valence-electron chi connectivity index (χ3n) is 20.3. The Hall–Kier alpha value is -6.51. The number of carbonyl (C=O) groups is 3. The number of rotatable bonds is 60. The summed E-state index contributed by atoms with van der Waals surface area (Å²) in [5.41, 5.74) is 4.51. The molecule has 104 heavy (non-hydrogen) atoms. The van der Waals surface area contributed by atoms with Gasteiger partial charge in [-0.1, -0.05) is 383 Å². The van der Waals surface area contributed by atoms with Crippen LogP contribution in [-0.2, 0) is 69.1 Å². The number of carbonyl (C=O) groups excluding carboxylic acids is 3. The SMILES string of the molecule is CCCCCCCCCCCCCCCCCCCCCCCCCC(=O)N[C@@H](CO[C@H]1O[C@H](COCc2ccccc2)[C@H](OCc2ccccc2)[C@H](OCc2ccccc2)[C@H]1OCc1ccccc1)[C@H](OC(=O)c1ccccc1)[C@@H](CCCCCCCCCCCCCC)OC(=O)c1ccccc1. The number of hydrogen-bond donors (Lipinski definition) is 1. The van der Waals surface area contributed by atoms with E-state index in [9.17, 15) is 14.4 Å². The van der Waals surface area contributed by atoms with Crippen LogP contribution in [0.3, 0.4) is 0 Å². The third kappa shape index (κ3) is 35.7. The minimum atomic E-state index is -1.23. The van der Waals surface area contributed by atoms with Crippen LogP contribution in [0.4, 0.5) is 0 Å². The van der Waals surface area contributed by atoms with Gasteiger partial charge < -0.3 is 43.2 Å². The lowest BCUT2D eigenvalue weighted by Gasteiger charge is -2.46. The van der Waals surface area contributed by atoms with Crippen LogP contribution in [0, 0.1) is 0 Å². The highest BCUT2D eigenvalue weighted by atomic mass is 16.7. The Morgan fingerprint density at radius 3 is 1.08 bits per heavy atom. The third-order valence-corrected chi connectivity index (χ3v) is 20.3. The monoisotopic (exact) mass is 1430 g/mol. The van der Waals surface area contributed by atoms with E-state index in [-0.39, 0.29) is 45.4 Å². The minimum absolute atomic E-state index is 0.0956. The molecule has 0 bridgehead atoms. The van der Waals surface area contributed by atoms with Gasteiger partial charge in [0.2, 0.25) is 5.91 Å². The summed E-state index contributed by atoms with van der Waals surface area (Å²) in [4.78, 5) is 44.3. The van der Waals surface area contributed by atoms with Crippen LogP contribution in [0.5, 0.6) is 0 Å². The number of benzene rings is 6. The zero-order valence-corrected chi connectivity index (χ0v) is 63.8. The number of unbranched alkanes of at least 4 members (excludes halogenated alkanes) is 33. The molecule has 6 aromatic carbocycles. The zero-order valence-electron chi connectivity index (χ0n) is 63.8. The summed E-state index contributed by atoms with van der Waals surface area (Å²) in [6, 6.07) is 56.7. The van der Waals surface area contributed by atoms with Crippen molar-refractivity contribution in [2.45, 2.75) is 327 Å². The largest absolute Gasteiger partial charge is 0.455 e. The summed E-state index contributed by atoms with van der Waals surface area (Å²) in [6.45, 7) is 5.35. The molecule has 0 saturated carbocycles. The van der Waals surface area contributed by atoms with Gasteiger partial charge in [0.15, 0.2) is 12.4 Å². The van der Waals surface area contributed by atoms with E-state index in [1.165, 1.54) is 173 Å². The van der Waals surface area contributed by atoms with Crippen LogP contribution >= 0.6 is 0 Å². The van der Waals surface area contributed by atoms with Crippen LogP contribution in [0.15, 0.2) is 182 Å². The fraction of sp³-hybridized carbons (Fsp3) is 0.576. The fourth-order valence-electron chi connectivity index (χ4n) is 14.1. The first-order valence-corrected chi connectivity index (χ1v) is 41.0. The van der Waals surface area contributed by atoms with E-state index in [1.54, 1.807) is 48.5 Å². The Bertz CT molecular complexity index is 3050. The van der Waals surface area contributed by atoms with E-state index in [0.29, 0.717) is 37.0 Å². The molecule has 1 aliphatic rings. The van der Waals surface area contributed by atoms with E-state index in [2.05, 4.69) is 19.2 Å². The number of esters is 2. The molecule has 0 aromatic heterocycles. The van der Waals surface area contributed by atoms with Crippen molar-refractivity contribution in [2.24, 2.45) is 0 Å². The van der Waals surface area contributed by atoms with E-state index in [1.807, 2.05) is 133 Å². The summed E-state index contributed by atoms with van der Waals surface area (Å²) in [6.07, 6.45) is 37.3. The summed E-state index contributed by atoms with van der Waals surface area (Å²) >= 11 is 0. The lowest BCUT2D eigenvalue weighted by Crippen LogP contribution is -2.62. The van der Waals surface area contributed by atoms with E-state index >= 15 is 0 Å². The van der Waals surface area contributed by atoms with Gasteiger partial charge in [0.25, 0.3) is 0 Å². The first-order valence-electron chi connectivity index (χ1n) is 41.0. The van der Waals surface area contributed by atoms with Gasteiger partial charge in [-0.05, 0) is 65.8 Å². The molecule has 7 rings (SSSR count). The maximum Gasteiger partial charge on any atom is 0.338 e. The molecule has 570 valence electrons. The summed E-state index contributed by atoms with van der Waals surface area (Å²) < 4.78 is 55.6. The van der Waals surface area contributed by atoms with E-state index in [0.717, 1.165) is 60.8 Å². The molecule has 0 radical (unpaired) electrons. The quantitative estimate of drug-likeness (QED) is 0.0289. The van der Waals surface area contributed by atoms with Crippen LogP contribution < -0.4 is 5.32 Å². The second kappa shape index (κ2) is 55.0. The van der Waals surface area contributed by atoms with Gasteiger partial charge in [-0.15, -0.1) is 0 Å². The molecule has 1 N–H and O–H groups in total. The van der Waals surface area contributed by atoms with Crippen molar-refractivity contribution in [3.05, 3.63) is 215 Å². The molecule has 1 saturated heterocycles. The lowest BCUT2D eigenvalue weighted by molar-refractivity contribution is -0.329. The van der Waals surface area contributed by atoms with E-state index in [4.69, 9.17) is 37.9 Å². The van der Waals surface area contributed by atoms with Crippen molar-refractivity contribution >= 4 is 17.8 Å². The molecular formula is C92H131NO11. The molecule has 0 unspecified atom stereocenters. The number of nitrogens with one attached hydrogen (secondary N) is 1. The van der Waals surface area contributed by atoms with Crippen LogP contribution in [0.25, 0.3) is 0 Å². The predicted molar refractivity (Wildman–Crippen MR) is 421 cm³/mol. The second-order valence-corrected chi connectivity index (χ2v) is 29.1. The summed E-state index contributed by atoms with van der Waals surface area (Å²) in [5.74, 6) is -1.41. The van der Waals surface area contributed by atoms with Gasteiger partial charge in [0.05, 0.1) is 56.8 Å². The molecule has 12 nitrogen and oxygen atoms in total. The van der Waals surface area contributed by atoms with Crippen LogP contribution in [-0.4, -0.2) is 80.0 Å². The highest BCUT2D eigenvalue weighted by Gasteiger charge is 2.50. The van der Waals surface area contributed by atoms with Crippen molar-refractivity contribution in [3.63, 3.8) is 0 Å². The maximum absolute atomic E-state index is 14.9. The maximum atomic E-state index is 14.9. The lowest BCUT2D eigenvalue weighted by atomic mass is 9.97. The molecule has 1 amide bonds. The standard InChI is InChI=1S/C92H131NO11/c1-3-5-7-9-11-13-15-17-18-19-20-21-22-23-24-25-26-27-29-31-33-35-55-69-85(94)93-82(86(104-91(96)81-66-52-41-53-67-81)83(102-90(95)80-64-50-40-51-65-80)68-54-34-32-30-28-16-14-12-10-8-6-4-2)74-101-92-89(100-73-79-62-48-39-49-63-79)88(99-72-78-60-46-38-47-61-78)87(98-71-77-58-44-37-45-59-77)84(103-92)75-97-70-76-56-42-36-43-57-76/h36-53,56-67,82-84,86-89,92H,3-35,54-55,68-75H2,1-2H3,(H,93,94)/t82-,83+,84+,86-,87-,88-,89+,92-/m0/s1. The first-order chi connectivity index (χ1) is 51.4. The van der Waals surface area contributed by atoms with Crippen molar-refractivity contribution in [3.8, 4) is 0 Å². The number of hydrogen-bond acceptors (Lipinski definition) is 11.